The zero-order valence-electron chi connectivity index (χ0n) is 63.0. The van der Waals surface area contributed by atoms with E-state index in [9.17, 15) is 43.5 Å². The SMILES string of the molecule is CC/C=C\C/C=C\C/C=C\C/C=C\C/C=C\C/C=C\CCCCC(=O)OCC(COP(=O)(O)OCC(O)COP(=O)(O)OCC(O)COC(=O)CCCCCCCCCCCCCCCCC/C=C\C/C=C\C/C=C\C/C=C\CCCCC)OC(=O)CCCCCCC/C=C\C/C=C\CCC. The van der Waals surface area contributed by atoms with E-state index in [1.54, 1.807) is 0 Å². The Kier molecular flexibility index (Phi) is 71.7. The molecule has 0 rings (SSSR count). The van der Waals surface area contributed by atoms with E-state index in [1.165, 1.54) is 103 Å². The number of aliphatic hydroxyl groups excluding tert-OH is 2. The van der Waals surface area contributed by atoms with Crippen molar-refractivity contribution in [3.8, 4) is 0 Å². The first-order valence-electron chi connectivity index (χ1n) is 39.1. The van der Waals surface area contributed by atoms with Gasteiger partial charge in [-0.15, -0.1) is 0 Å². The lowest BCUT2D eigenvalue weighted by molar-refractivity contribution is -0.161. The van der Waals surface area contributed by atoms with Crippen LogP contribution in [0.1, 0.15) is 303 Å². The predicted octanol–water partition coefficient (Wildman–Crippen LogP) is 22.9. The molecule has 18 heteroatoms. The van der Waals surface area contributed by atoms with Gasteiger partial charge in [0.05, 0.1) is 26.4 Å². The molecule has 0 radical (unpaired) electrons. The van der Waals surface area contributed by atoms with Gasteiger partial charge in [0.15, 0.2) is 6.10 Å². The monoisotopic (exact) mass is 1450 g/mol. The fourth-order valence-electron chi connectivity index (χ4n) is 10.1. The Labute approximate surface area is 613 Å². The average molecular weight is 1460 g/mol. The average Bonchev–Trinajstić information content (AvgIpc) is 0.935. The number of aliphatic hydroxyl groups is 2. The summed E-state index contributed by atoms with van der Waals surface area (Å²) in [5.41, 5.74) is 0. The minimum absolute atomic E-state index is 0.0742. The van der Waals surface area contributed by atoms with Crippen LogP contribution >= 0.6 is 15.6 Å². The minimum atomic E-state index is -4.95. The van der Waals surface area contributed by atoms with Crippen LogP contribution in [0.15, 0.2) is 146 Å². The van der Waals surface area contributed by atoms with Gasteiger partial charge in [-0.05, 0) is 141 Å². The van der Waals surface area contributed by atoms with Gasteiger partial charge in [-0.25, -0.2) is 9.13 Å². The normalized spacial score (nSPS) is 14.8. The number of rotatable bonds is 73. The van der Waals surface area contributed by atoms with Gasteiger partial charge < -0.3 is 34.2 Å². The van der Waals surface area contributed by atoms with Crippen molar-refractivity contribution >= 4 is 33.6 Å². The Balaban J connectivity index is 4.50. The van der Waals surface area contributed by atoms with Crippen LogP contribution in [-0.4, -0.2) is 95.9 Å². The smallest absolute Gasteiger partial charge is 0.463 e. The summed E-state index contributed by atoms with van der Waals surface area (Å²) in [4.78, 5) is 58.5. The number of phosphoric ester groups is 2. The molecule has 4 N–H and O–H groups in total. The fraction of sp³-hybridized carbons (Fsp3) is 0.675. The van der Waals surface area contributed by atoms with Crippen molar-refractivity contribution in [3.05, 3.63) is 146 Å². The van der Waals surface area contributed by atoms with E-state index in [-0.39, 0.29) is 19.3 Å². The highest BCUT2D eigenvalue weighted by Crippen LogP contribution is 2.45. The van der Waals surface area contributed by atoms with Crippen molar-refractivity contribution in [2.45, 2.75) is 322 Å². The van der Waals surface area contributed by atoms with E-state index in [0.29, 0.717) is 19.3 Å². The molecule has 0 bridgehead atoms. The predicted molar refractivity (Wildman–Crippen MR) is 417 cm³/mol. The molecule has 5 atom stereocenters. The summed E-state index contributed by atoms with van der Waals surface area (Å²) in [6, 6.07) is 0. The summed E-state index contributed by atoms with van der Waals surface area (Å²) in [7, 11) is -9.81. The van der Waals surface area contributed by atoms with Gasteiger partial charge in [0, 0.05) is 19.3 Å². The first kappa shape index (κ1) is 96.4. The number of carbonyl (C=O) groups is 3. The van der Waals surface area contributed by atoms with Gasteiger partial charge in [0.1, 0.15) is 25.4 Å². The van der Waals surface area contributed by atoms with E-state index < -0.39 is 91.5 Å². The minimum Gasteiger partial charge on any atom is -0.463 e. The third-order valence-electron chi connectivity index (χ3n) is 16.0. The van der Waals surface area contributed by atoms with Crippen LogP contribution in [0.3, 0.4) is 0 Å². The number of phosphoric acid groups is 2. The van der Waals surface area contributed by atoms with Gasteiger partial charge in [-0.3, -0.25) is 32.5 Å². The van der Waals surface area contributed by atoms with Gasteiger partial charge >= 0.3 is 33.6 Å². The van der Waals surface area contributed by atoms with Crippen molar-refractivity contribution in [2.75, 3.05) is 39.6 Å². The van der Waals surface area contributed by atoms with Crippen LogP contribution in [-0.2, 0) is 55.8 Å². The molecule has 0 aromatic rings. The number of allylic oxidation sites excluding steroid dienone is 24. The first-order chi connectivity index (χ1) is 49.2. The summed E-state index contributed by atoms with van der Waals surface area (Å²) in [5.74, 6) is -1.65. The highest BCUT2D eigenvalue weighted by molar-refractivity contribution is 7.47. The molecule has 0 aromatic carbocycles. The molecule has 16 nitrogen and oxygen atoms in total. The topological polar surface area (TPSA) is 231 Å². The van der Waals surface area contributed by atoms with Crippen molar-refractivity contribution in [1.29, 1.82) is 0 Å². The molecule has 0 aliphatic carbocycles. The van der Waals surface area contributed by atoms with Crippen molar-refractivity contribution in [1.82, 2.24) is 0 Å². The largest absolute Gasteiger partial charge is 0.472 e. The molecule has 5 unspecified atom stereocenters. The molecular formula is C83H140O16P2. The van der Waals surface area contributed by atoms with Gasteiger partial charge in [-0.1, -0.05) is 289 Å². The highest BCUT2D eigenvalue weighted by atomic mass is 31.2. The lowest BCUT2D eigenvalue weighted by Gasteiger charge is -2.21. The summed E-state index contributed by atoms with van der Waals surface area (Å²) in [6.07, 6.45) is 92.0. The van der Waals surface area contributed by atoms with E-state index in [2.05, 4.69) is 167 Å². The third kappa shape index (κ3) is 76.4. The van der Waals surface area contributed by atoms with E-state index in [0.717, 1.165) is 141 Å². The zero-order valence-corrected chi connectivity index (χ0v) is 64.8. The number of carbonyl (C=O) groups excluding carboxylic acids is 3. The molecule has 0 amide bonds. The van der Waals surface area contributed by atoms with E-state index in [1.807, 2.05) is 0 Å². The maximum absolute atomic E-state index is 12.9. The van der Waals surface area contributed by atoms with Crippen LogP contribution in [0.5, 0.6) is 0 Å². The molecule has 0 saturated carbocycles. The number of unbranched alkanes of at least 4 members (excludes halogenated alkanes) is 26. The molecule has 578 valence electrons. The maximum atomic E-state index is 12.9. The Morgan fingerprint density at radius 3 is 0.891 bits per heavy atom. The molecular weight excluding hydrogens is 1310 g/mol. The lowest BCUT2D eigenvalue weighted by atomic mass is 10.0. The second kappa shape index (κ2) is 75.1. The van der Waals surface area contributed by atoms with Gasteiger partial charge in [-0.2, -0.15) is 0 Å². The second-order valence-electron chi connectivity index (χ2n) is 25.8. The van der Waals surface area contributed by atoms with Gasteiger partial charge in [0.2, 0.25) is 0 Å². The van der Waals surface area contributed by atoms with Crippen LogP contribution in [0.25, 0.3) is 0 Å². The summed E-state index contributed by atoms with van der Waals surface area (Å²) >= 11 is 0. The third-order valence-corrected chi connectivity index (χ3v) is 17.9. The molecule has 101 heavy (non-hydrogen) atoms. The molecule has 0 aliphatic heterocycles. The first-order valence-corrected chi connectivity index (χ1v) is 42.1. The summed E-state index contributed by atoms with van der Waals surface area (Å²) in [6.45, 7) is 2.40. The summed E-state index contributed by atoms with van der Waals surface area (Å²) in [5, 5.41) is 20.6. The summed E-state index contributed by atoms with van der Waals surface area (Å²) < 4.78 is 61.0. The fourth-order valence-corrected chi connectivity index (χ4v) is 11.7. The van der Waals surface area contributed by atoms with Crippen molar-refractivity contribution in [3.63, 3.8) is 0 Å². The molecule has 0 aromatic heterocycles. The Morgan fingerprint density at radius 1 is 0.287 bits per heavy atom. The molecule has 0 spiro atoms. The maximum Gasteiger partial charge on any atom is 0.472 e. The number of hydrogen-bond donors (Lipinski definition) is 4. The number of ether oxygens (including phenoxy) is 3. The highest BCUT2D eigenvalue weighted by Gasteiger charge is 2.29. The standard InChI is InChI=1S/C83H140O16P2/c1-4-7-10-13-16-19-22-25-27-29-31-33-34-35-36-37-38-39-40-41-42-44-46-47-49-52-54-57-60-63-66-69-81(86)93-72-78(84)73-95-100(89,90)96-74-79(85)75-97-101(91,92)98-77-80(99-83(88)71-68-65-62-59-56-51-24-21-18-15-12-9-6-3)76-94-82(87)70-67-64-61-58-55-53-50-48-45-43-32-30-28-26-23-20-17-14-11-8-5-2/h8,11-12,15-17,19-21,24-28,31-33,35-36,43,48,50,55,58,78-80,84-85H,4-7,9-10,13-14,18,22-23,29-30,34,37-42,44-47,49,51-54,56-57,59-77H2,1-3H3,(H,89,90)(H,91,92)/b11-8-,15-12-,19-16-,20-17-,24-21-,27-25-,28-26-,33-31-,36-35-,43-32-,50-48-,58-55-. The van der Waals surface area contributed by atoms with E-state index in [4.69, 9.17) is 32.3 Å². The quantitative estimate of drug-likeness (QED) is 0.0146. The van der Waals surface area contributed by atoms with E-state index >= 15 is 0 Å². The molecule has 0 saturated heterocycles. The molecule has 0 heterocycles. The zero-order chi connectivity index (χ0) is 73.7. The Morgan fingerprint density at radius 2 is 0.545 bits per heavy atom. The number of hydrogen-bond acceptors (Lipinski definition) is 14. The van der Waals surface area contributed by atoms with Crippen LogP contribution < -0.4 is 0 Å². The Hall–Kier alpha value is -4.57. The van der Waals surface area contributed by atoms with Gasteiger partial charge in [0.25, 0.3) is 0 Å². The molecule has 0 fully saturated rings. The second-order valence-corrected chi connectivity index (χ2v) is 28.7. The van der Waals surface area contributed by atoms with Crippen LogP contribution in [0, 0.1) is 0 Å². The Bertz CT molecular complexity index is 2420. The van der Waals surface area contributed by atoms with Crippen molar-refractivity contribution in [2.24, 2.45) is 0 Å². The van der Waals surface area contributed by atoms with Crippen LogP contribution in [0.4, 0.5) is 0 Å². The number of esters is 3. The van der Waals surface area contributed by atoms with Crippen LogP contribution in [0.2, 0.25) is 0 Å². The van der Waals surface area contributed by atoms with Crippen molar-refractivity contribution < 1.29 is 75.8 Å². The molecule has 0 aliphatic rings. The lowest BCUT2D eigenvalue weighted by Crippen LogP contribution is -2.30.